The number of nitrogens with zero attached hydrogens (tertiary/aromatic N) is 4. The molecular formula is C17H10N4O2. The van der Waals surface area contributed by atoms with Gasteiger partial charge in [0.05, 0.1) is 14.2 Å². The van der Waals surface area contributed by atoms with Crippen molar-refractivity contribution in [3.63, 3.8) is 0 Å². The molecule has 6 heteroatoms. The van der Waals surface area contributed by atoms with Gasteiger partial charge in [0.2, 0.25) is 0 Å². The number of benzene rings is 1. The summed E-state index contributed by atoms with van der Waals surface area (Å²) in [4.78, 5) is 0. The summed E-state index contributed by atoms with van der Waals surface area (Å²) in [5.41, 5.74) is 1.89. The van der Waals surface area contributed by atoms with Gasteiger partial charge in [0, 0.05) is 18.1 Å². The van der Waals surface area contributed by atoms with Crippen LogP contribution in [0.4, 0.5) is 0 Å². The first kappa shape index (κ1) is 15.6. The molecule has 110 valence electrons. The second-order valence-corrected chi connectivity index (χ2v) is 4.58. The molecule has 0 radical (unpaired) electrons. The third-order valence-corrected chi connectivity index (χ3v) is 3.56. The number of hydrogen-bond acceptors (Lipinski definition) is 6. The fourth-order valence-corrected chi connectivity index (χ4v) is 2.54. The largest absolute Gasteiger partial charge is 0.497 e. The summed E-state index contributed by atoms with van der Waals surface area (Å²) in [6, 6.07) is 10.7. The fraction of sp³-hybridized carbons (Fsp3) is 0.176. The highest BCUT2D eigenvalue weighted by Gasteiger charge is 2.31. The quantitative estimate of drug-likeness (QED) is 0.776. The number of fused-ring (bicyclic) bond motifs is 1. The second-order valence-electron chi connectivity index (χ2n) is 4.58. The van der Waals surface area contributed by atoms with Gasteiger partial charge in [-0.1, -0.05) is 0 Å². The van der Waals surface area contributed by atoms with Gasteiger partial charge in [0.25, 0.3) is 0 Å². The van der Waals surface area contributed by atoms with Crippen LogP contribution in [0.2, 0.25) is 0 Å². The van der Waals surface area contributed by atoms with Gasteiger partial charge in [-0.25, -0.2) is 0 Å². The van der Waals surface area contributed by atoms with Crippen LogP contribution in [0.1, 0.15) is 17.5 Å². The van der Waals surface area contributed by atoms with Crippen LogP contribution in [-0.2, 0) is 0 Å². The van der Waals surface area contributed by atoms with Gasteiger partial charge in [-0.15, -0.1) is 0 Å². The number of methoxy groups -OCH3 is 2. The number of rotatable bonds is 2. The topological polar surface area (TPSA) is 114 Å². The Kier molecular flexibility index (Phi) is 4.32. The summed E-state index contributed by atoms with van der Waals surface area (Å²) in [6.45, 7) is 0. The maximum absolute atomic E-state index is 9.17. The molecule has 0 bridgehead atoms. The van der Waals surface area contributed by atoms with Gasteiger partial charge in [-0.3, -0.25) is 0 Å². The number of hydrogen-bond donors (Lipinski definition) is 0. The third kappa shape index (κ3) is 2.46. The molecule has 2 rings (SSSR count). The average Bonchev–Trinajstić information content (AvgIpc) is 2.96. The zero-order chi connectivity index (χ0) is 17.0. The first-order valence-electron chi connectivity index (χ1n) is 6.48. The smallest absolute Gasteiger partial charge is 0.133 e. The average molecular weight is 302 g/mol. The predicted octanol–water partition coefficient (Wildman–Crippen LogP) is 2.71. The Morgan fingerprint density at radius 2 is 1.43 bits per heavy atom. The second kappa shape index (κ2) is 6.35. The lowest BCUT2D eigenvalue weighted by molar-refractivity contribution is 0.393. The molecule has 0 saturated carbocycles. The van der Waals surface area contributed by atoms with Crippen molar-refractivity contribution in [2.45, 2.75) is 6.42 Å². The standard InChI is InChI=1S/C17H10N4O2/c1-22-12-3-15-13(10(6-18)7-19)5-14(11(8-20)9-21)17(15)16(4-12)23-2/h3-4H,5H2,1-2H3. The molecule has 23 heavy (non-hydrogen) atoms. The number of allylic oxidation sites excluding steroid dienone is 4. The summed E-state index contributed by atoms with van der Waals surface area (Å²) < 4.78 is 10.6. The van der Waals surface area contributed by atoms with Gasteiger partial charge < -0.3 is 9.47 Å². The Balaban J connectivity index is 2.97. The number of ether oxygens (including phenoxy) is 2. The van der Waals surface area contributed by atoms with E-state index < -0.39 is 0 Å². The molecule has 6 nitrogen and oxygen atoms in total. The van der Waals surface area contributed by atoms with E-state index in [1.165, 1.54) is 14.2 Å². The van der Waals surface area contributed by atoms with Gasteiger partial charge in [0.15, 0.2) is 0 Å². The SMILES string of the molecule is COc1cc(OC)c2c(c1)C(=C(C#N)C#N)CC2=C(C#N)C#N. The van der Waals surface area contributed by atoms with Crippen LogP contribution in [0.5, 0.6) is 11.5 Å². The molecule has 0 amide bonds. The zero-order valence-electron chi connectivity index (χ0n) is 12.5. The summed E-state index contributed by atoms with van der Waals surface area (Å²) in [7, 11) is 2.95. The molecule has 0 saturated heterocycles. The molecule has 0 atom stereocenters. The van der Waals surface area contributed by atoms with E-state index in [1.54, 1.807) is 12.1 Å². The maximum atomic E-state index is 9.17. The van der Waals surface area contributed by atoms with E-state index in [-0.39, 0.29) is 17.6 Å². The van der Waals surface area contributed by atoms with Gasteiger partial charge in [-0.05, 0) is 22.8 Å². The first-order valence-corrected chi connectivity index (χ1v) is 6.48. The van der Waals surface area contributed by atoms with Crippen LogP contribution in [0.25, 0.3) is 11.1 Å². The molecule has 0 aliphatic heterocycles. The Hall–Kier alpha value is -3.74. The highest BCUT2D eigenvalue weighted by Crippen LogP contribution is 2.49. The van der Waals surface area contributed by atoms with E-state index in [4.69, 9.17) is 20.0 Å². The molecule has 0 fully saturated rings. The molecule has 0 aromatic heterocycles. The monoisotopic (exact) mass is 302 g/mol. The molecule has 0 unspecified atom stereocenters. The lowest BCUT2D eigenvalue weighted by Gasteiger charge is -2.11. The van der Waals surface area contributed by atoms with Crippen molar-refractivity contribution in [2.24, 2.45) is 0 Å². The van der Waals surface area contributed by atoms with Crippen LogP contribution in [0, 0.1) is 45.3 Å². The van der Waals surface area contributed by atoms with Crippen LogP contribution < -0.4 is 9.47 Å². The Morgan fingerprint density at radius 1 is 0.870 bits per heavy atom. The Bertz CT molecular complexity index is 880. The summed E-state index contributed by atoms with van der Waals surface area (Å²) in [5, 5.41) is 36.7. The Labute approximate surface area is 133 Å². The van der Waals surface area contributed by atoms with Crippen molar-refractivity contribution in [1.82, 2.24) is 0 Å². The van der Waals surface area contributed by atoms with Crippen LogP contribution in [0.3, 0.4) is 0 Å². The van der Waals surface area contributed by atoms with E-state index in [2.05, 4.69) is 0 Å². The van der Waals surface area contributed by atoms with Crippen molar-refractivity contribution in [2.75, 3.05) is 14.2 Å². The third-order valence-electron chi connectivity index (χ3n) is 3.56. The van der Waals surface area contributed by atoms with E-state index in [9.17, 15) is 10.5 Å². The minimum atomic E-state index is -0.0695. The molecular weight excluding hydrogens is 292 g/mol. The molecule has 0 spiro atoms. The molecule has 0 heterocycles. The fourth-order valence-electron chi connectivity index (χ4n) is 2.54. The van der Waals surface area contributed by atoms with Gasteiger partial charge in [0.1, 0.15) is 46.9 Å². The van der Waals surface area contributed by atoms with Crippen molar-refractivity contribution in [3.8, 4) is 35.8 Å². The lowest BCUT2D eigenvalue weighted by atomic mass is 10.0. The van der Waals surface area contributed by atoms with Crippen LogP contribution in [-0.4, -0.2) is 14.2 Å². The minimum Gasteiger partial charge on any atom is -0.497 e. The first-order chi connectivity index (χ1) is 11.1. The van der Waals surface area contributed by atoms with Crippen molar-refractivity contribution >= 4 is 11.1 Å². The van der Waals surface area contributed by atoms with E-state index in [1.807, 2.05) is 24.3 Å². The van der Waals surface area contributed by atoms with Crippen molar-refractivity contribution in [1.29, 1.82) is 21.0 Å². The lowest BCUT2D eigenvalue weighted by Crippen LogP contribution is -1.94. The van der Waals surface area contributed by atoms with Gasteiger partial charge in [-0.2, -0.15) is 21.0 Å². The maximum Gasteiger partial charge on any atom is 0.133 e. The van der Waals surface area contributed by atoms with Crippen LogP contribution >= 0.6 is 0 Å². The highest BCUT2D eigenvalue weighted by molar-refractivity contribution is 6.00. The predicted molar refractivity (Wildman–Crippen MR) is 80.5 cm³/mol. The normalized spacial score (nSPS) is 11.4. The molecule has 0 N–H and O–H groups in total. The van der Waals surface area contributed by atoms with Crippen molar-refractivity contribution in [3.05, 3.63) is 34.4 Å². The minimum absolute atomic E-state index is 0.0632. The summed E-state index contributed by atoms with van der Waals surface area (Å²) in [6.07, 6.45) is 0.145. The van der Waals surface area contributed by atoms with Crippen LogP contribution in [0.15, 0.2) is 23.3 Å². The highest BCUT2D eigenvalue weighted by atomic mass is 16.5. The van der Waals surface area contributed by atoms with E-state index in [0.29, 0.717) is 33.8 Å². The summed E-state index contributed by atoms with van der Waals surface area (Å²) in [5.74, 6) is 0.910. The Morgan fingerprint density at radius 3 is 1.91 bits per heavy atom. The van der Waals surface area contributed by atoms with Crippen molar-refractivity contribution < 1.29 is 9.47 Å². The molecule has 1 aliphatic carbocycles. The molecule has 1 aromatic rings. The number of nitriles is 4. The van der Waals surface area contributed by atoms with E-state index in [0.717, 1.165) is 0 Å². The van der Waals surface area contributed by atoms with Gasteiger partial charge >= 0.3 is 0 Å². The van der Waals surface area contributed by atoms with E-state index >= 15 is 0 Å². The summed E-state index contributed by atoms with van der Waals surface area (Å²) >= 11 is 0. The zero-order valence-corrected chi connectivity index (χ0v) is 12.5. The molecule has 1 aromatic carbocycles. The molecule has 1 aliphatic rings.